The number of fused-ring (bicyclic) bond motifs is 2. The number of pyridine rings is 1. The Morgan fingerprint density at radius 2 is 1.82 bits per heavy atom. The van der Waals surface area contributed by atoms with Gasteiger partial charge in [0.2, 0.25) is 15.9 Å². The van der Waals surface area contributed by atoms with Gasteiger partial charge in [0, 0.05) is 36.5 Å². The first-order valence-corrected chi connectivity index (χ1v) is 12.8. The molecule has 1 N–H and O–H groups in total. The number of ether oxygens (including phenoxy) is 2. The number of nitrogens with one attached hydrogen (secondary N) is 1. The maximum Gasteiger partial charge on any atom is 0.243 e. The van der Waals surface area contributed by atoms with Crippen molar-refractivity contribution in [1.82, 2.24) is 19.1 Å². The molecule has 5 rings (SSSR count). The van der Waals surface area contributed by atoms with Crippen molar-refractivity contribution in [2.24, 2.45) is 5.92 Å². The molecule has 1 saturated heterocycles. The van der Waals surface area contributed by atoms with Gasteiger partial charge in [-0.1, -0.05) is 0 Å². The lowest BCUT2D eigenvalue weighted by atomic mass is 9.97. The Bertz CT molecular complexity index is 1330. The van der Waals surface area contributed by atoms with Crippen molar-refractivity contribution in [3.63, 3.8) is 0 Å². The lowest BCUT2D eigenvalue weighted by Gasteiger charge is -2.30. The summed E-state index contributed by atoms with van der Waals surface area (Å²) in [5.41, 5.74) is 1.37. The number of carbonyl (C=O) groups is 1. The number of anilines is 1. The van der Waals surface area contributed by atoms with Crippen LogP contribution in [0.15, 0.2) is 41.6 Å². The van der Waals surface area contributed by atoms with Crippen LogP contribution in [0.2, 0.25) is 0 Å². The molecule has 180 valence electrons. The molecule has 34 heavy (non-hydrogen) atoms. The smallest absolute Gasteiger partial charge is 0.243 e. The minimum absolute atomic E-state index is 0.131. The van der Waals surface area contributed by atoms with Gasteiger partial charge in [-0.05, 0) is 44.9 Å². The minimum Gasteiger partial charge on any atom is -0.486 e. The molecule has 3 aromatic rings. The van der Waals surface area contributed by atoms with Crippen molar-refractivity contribution in [2.75, 3.05) is 31.6 Å². The zero-order valence-electron chi connectivity index (χ0n) is 19.1. The number of hydrogen-bond acceptors (Lipinski definition) is 7. The zero-order chi connectivity index (χ0) is 23.9. The van der Waals surface area contributed by atoms with Gasteiger partial charge in [0.15, 0.2) is 17.1 Å². The Kier molecular flexibility index (Phi) is 5.90. The molecule has 0 spiro atoms. The highest BCUT2D eigenvalue weighted by Crippen LogP contribution is 2.34. The molecular weight excluding hydrogens is 458 g/mol. The molecule has 0 saturated carbocycles. The quantitative estimate of drug-likeness (QED) is 0.591. The van der Waals surface area contributed by atoms with E-state index in [4.69, 9.17) is 9.47 Å². The Hall–Kier alpha value is -3.18. The van der Waals surface area contributed by atoms with Crippen LogP contribution in [0.5, 0.6) is 11.5 Å². The number of carbonyl (C=O) groups excluding carboxylic acids is 1. The summed E-state index contributed by atoms with van der Waals surface area (Å²) in [5.74, 6) is 0.575. The predicted octanol–water partition coefficient (Wildman–Crippen LogP) is 2.82. The summed E-state index contributed by atoms with van der Waals surface area (Å²) in [6.07, 6.45) is 4.24. The van der Waals surface area contributed by atoms with E-state index >= 15 is 0 Å². The predicted molar refractivity (Wildman–Crippen MR) is 125 cm³/mol. The fourth-order valence-electron chi connectivity index (χ4n) is 4.32. The second-order valence-corrected chi connectivity index (χ2v) is 10.7. The largest absolute Gasteiger partial charge is 0.486 e. The number of hydrogen-bond donors (Lipinski definition) is 1. The number of amides is 1. The number of aromatic nitrogens is 3. The first-order chi connectivity index (χ1) is 16.3. The van der Waals surface area contributed by atoms with E-state index in [1.54, 1.807) is 18.5 Å². The molecule has 1 fully saturated rings. The molecule has 2 aromatic heterocycles. The summed E-state index contributed by atoms with van der Waals surface area (Å²) in [7, 11) is -3.69. The number of piperidine rings is 1. The van der Waals surface area contributed by atoms with Gasteiger partial charge in [-0.2, -0.15) is 9.40 Å². The molecule has 2 aliphatic rings. The first kappa shape index (κ1) is 22.6. The Balaban J connectivity index is 1.22. The minimum atomic E-state index is -3.69. The molecular formula is C23H27N5O5S. The second-order valence-electron chi connectivity index (χ2n) is 8.79. The number of benzene rings is 1. The normalized spacial score (nSPS) is 17.3. The average molecular weight is 486 g/mol. The summed E-state index contributed by atoms with van der Waals surface area (Å²) in [5, 5.41) is 8.13. The summed E-state index contributed by atoms with van der Waals surface area (Å²) in [4.78, 5) is 17.5. The molecule has 1 amide bonds. The highest BCUT2D eigenvalue weighted by Gasteiger charge is 2.33. The molecule has 0 aliphatic carbocycles. The monoisotopic (exact) mass is 485 g/mol. The van der Waals surface area contributed by atoms with E-state index in [0.29, 0.717) is 43.2 Å². The maximum absolute atomic E-state index is 13.1. The SMILES string of the molecule is CC(C)n1ncc2cc(NC(=O)C3CCN(S(=O)(=O)c4ccc5c(c4)OCCO5)CC3)cnc21. The van der Waals surface area contributed by atoms with Crippen LogP contribution in [0.4, 0.5) is 5.69 Å². The van der Waals surface area contributed by atoms with E-state index in [1.165, 1.54) is 16.4 Å². The van der Waals surface area contributed by atoms with Crippen LogP contribution in [0, 0.1) is 5.92 Å². The molecule has 0 unspecified atom stereocenters. The second kappa shape index (κ2) is 8.88. The molecule has 10 nitrogen and oxygen atoms in total. The van der Waals surface area contributed by atoms with Crippen LogP contribution in [-0.2, 0) is 14.8 Å². The lowest BCUT2D eigenvalue weighted by Crippen LogP contribution is -2.41. The Morgan fingerprint density at radius 1 is 1.09 bits per heavy atom. The topological polar surface area (TPSA) is 116 Å². The van der Waals surface area contributed by atoms with Crippen molar-refractivity contribution in [1.29, 1.82) is 0 Å². The van der Waals surface area contributed by atoms with Gasteiger partial charge in [0.25, 0.3) is 0 Å². The molecule has 0 radical (unpaired) electrons. The molecule has 0 atom stereocenters. The van der Waals surface area contributed by atoms with Crippen molar-refractivity contribution >= 4 is 32.7 Å². The molecule has 4 heterocycles. The van der Waals surface area contributed by atoms with Gasteiger partial charge >= 0.3 is 0 Å². The Morgan fingerprint density at radius 3 is 2.56 bits per heavy atom. The van der Waals surface area contributed by atoms with Gasteiger partial charge < -0.3 is 14.8 Å². The van der Waals surface area contributed by atoms with Crippen LogP contribution in [0.1, 0.15) is 32.7 Å². The third kappa shape index (κ3) is 4.21. The third-order valence-corrected chi connectivity index (χ3v) is 8.06. The van der Waals surface area contributed by atoms with Crippen molar-refractivity contribution in [2.45, 2.75) is 37.6 Å². The van der Waals surface area contributed by atoms with Crippen LogP contribution in [-0.4, -0.2) is 59.7 Å². The molecule has 1 aromatic carbocycles. The first-order valence-electron chi connectivity index (χ1n) is 11.4. The summed E-state index contributed by atoms with van der Waals surface area (Å²) < 4.78 is 40.5. The molecule has 11 heteroatoms. The standard InChI is InChI=1S/C23H27N5O5S/c1-15(2)28-22-17(13-25-28)11-18(14-24-22)26-23(29)16-5-7-27(8-6-16)34(30,31)19-3-4-20-21(12-19)33-10-9-32-20/h3-4,11-16H,5-10H2,1-2H3,(H,26,29). The van der Waals surface area contributed by atoms with Crippen LogP contribution in [0.25, 0.3) is 11.0 Å². The van der Waals surface area contributed by atoms with Crippen molar-refractivity contribution in [3.05, 3.63) is 36.7 Å². The van der Waals surface area contributed by atoms with E-state index in [1.807, 2.05) is 24.6 Å². The van der Waals surface area contributed by atoms with E-state index in [-0.39, 0.29) is 35.9 Å². The molecule has 2 aliphatic heterocycles. The highest BCUT2D eigenvalue weighted by atomic mass is 32.2. The van der Waals surface area contributed by atoms with Crippen LogP contribution < -0.4 is 14.8 Å². The van der Waals surface area contributed by atoms with Gasteiger partial charge in [0.05, 0.1) is 23.0 Å². The van der Waals surface area contributed by atoms with Crippen molar-refractivity contribution in [3.8, 4) is 11.5 Å². The summed E-state index contributed by atoms with van der Waals surface area (Å²) in [6.45, 7) is 5.44. The van der Waals surface area contributed by atoms with Gasteiger partial charge in [0.1, 0.15) is 13.2 Å². The van der Waals surface area contributed by atoms with Crippen LogP contribution >= 0.6 is 0 Å². The third-order valence-electron chi connectivity index (χ3n) is 6.17. The molecule has 0 bridgehead atoms. The average Bonchev–Trinajstić information content (AvgIpc) is 3.27. The number of nitrogens with zero attached hydrogens (tertiary/aromatic N) is 4. The maximum atomic E-state index is 13.1. The van der Waals surface area contributed by atoms with E-state index in [2.05, 4.69) is 15.4 Å². The fraction of sp³-hybridized carbons (Fsp3) is 0.435. The highest BCUT2D eigenvalue weighted by molar-refractivity contribution is 7.89. The lowest BCUT2D eigenvalue weighted by molar-refractivity contribution is -0.120. The van der Waals surface area contributed by atoms with E-state index in [9.17, 15) is 13.2 Å². The summed E-state index contributed by atoms with van der Waals surface area (Å²) in [6, 6.07) is 6.71. The van der Waals surface area contributed by atoms with E-state index < -0.39 is 10.0 Å². The summed E-state index contributed by atoms with van der Waals surface area (Å²) >= 11 is 0. The Labute approximate surface area is 197 Å². The van der Waals surface area contributed by atoms with Gasteiger partial charge in [-0.3, -0.25) is 4.79 Å². The number of rotatable bonds is 5. The van der Waals surface area contributed by atoms with Crippen LogP contribution in [0.3, 0.4) is 0 Å². The van der Waals surface area contributed by atoms with Gasteiger partial charge in [-0.25, -0.2) is 18.1 Å². The van der Waals surface area contributed by atoms with E-state index in [0.717, 1.165) is 11.0 Å². The van der Waals surface area contributed by atoms with Crippen molar-refractivity contribution < 1.29 is 22.7 Å². The number of sulfonamides is 1. The fourth-order valence-corrected chi connectivity index (χ4v) is 5.81. The zero-order valence-corrected chi connectivity index (χ0v) is 19.9. The van der Waals surface area contributed by atoms with Gasteiger partial charge in [-0.15, -0.1) is 0 Å².